The molecule has 2 aromatic heterocycles. The highest BCUT2D eigenvalue weighted by Gasteiger charge is 2.28. The van der Waals surface area contributed by atoms with Crippen LogP contribution in [0.15, 0.2) is 40.3 Å². The SMILES string of the molecule is O=C(CCCCc1cccs1)N1CCC(c2ccco2)C1. The second kappa shape index (κ2) is 6.94. The first-order valence-electron chi connectivity index (χ1n) is 7.66. The van der Waals surface area contributed by atoms with Gasteiger partial charge in [-0.25, -0.2) is 0 Å². The van der Waals surface area contributed by atoms with E-state index in [1.165, 1.54) is 4.88 Å². The lowest BCUT2D eigenvalue weighted by Gasteiger charge is -2.16. The molecule has 2 aromatic rings. The number of furan rings is 1. The molecule has 3 rings (SSSR count). The molecule has 0 spiro atoms. The summed E-state index contributed by atoms with van der Waals surface area (Å²) in [5.41, 5.74) is 0. The van der Waals surface area contributed by atoms with E-state index in [2.05, 4.69) is 17.5 Å². The molecule has 1 aliphatic heterocycles. The number of rotatable bonds is 6. The van der Waals surface area contributed by atoms with Crippen LogP contribution in [0.5, 0.6) is 0 Å². The van der Waals surface area contributed by atoms with Gasteiger partial charge in [-0.15, -0.1) is 11.3 Å². The normalized spacial score (nSPS) is 18.3. The van der Waals surface area contributed by atoms with E-state index in [4.69, 9.17) is 4.42 Å². The highest BCUT2D eigenvalue weighted by atomic mass is 32.1. The van der Waals surface area contributed by atoms with Gasteiger partial charge in [0.1, 0.15) is 5.76 Å². The Kier molecular flexibility index (Phi) is 4.76. The fourth-order valence-corrected chi connectivity index (χ4v) is 3.68. The van der Waals surface area contributed by atoms with Gasteiger partial charge in [0.15, 0.2) is 0 Å². The van der Waals surface area contributed by atoms with Gasteiger partial charge in [0.2, 0.25) is 5.91 Å². The summed E-state index contributed by atoms with van der Waals surface area (Å²) >= 11 is 1.80. The second-order valence-electron chi connectivity index (χ2n) is 5.63. The molecule has 0 saturated carbocycles. The molecule has 3 heterocycles. The molecule has 21 heavy (non-hydrogen) atoms. The van der Waals surface area contributed by atoms with Crippen molar-refractivity contribution >= 4 is 17.2 Å². The highest BCUT2D eigenvalue weighted by molar-refractivity contribution is 7.09. The summed E-state index contributed by atoms with van der Waals surface area (Å²) in [6.45, 7) is 1.69. The van der Waals surface area contributed by atoms with E-state index in [0.717, 1.165) is 44.5 Å². The minimum absolute atomic E-state index is 0.301. The number of amides is 1. The molecule has 1 amide bonds. The zero-order chi connectivity index (χ0) is 14.5. The Labute approximate surface area is 129 Å². The first kappa shape index (κ1) is 14.4. The van der Waals surface area contributed by atoms with E-state index in [1.54, 1.807) is 17.6 Å². The standard InChI is InChI=1S/C17H21NO2S/c19-17(8-2-1-5-15-6-4-12-21-15)18-10-9-14(13-18)16-7-3-11-20-16/h3-4,6-7,11-12,14H,1-2,5,8-10,13H2. The summed E-state index contributed by atoms with van der Waals surface area (Å²) in [4.78, 5) is 15.6. The van der Waals surface area contributed by atoms with Crippen molar-refractivity contribution in [3.05, 3.63) is 46.5 Å². The van der Waals surface area contributed by atoms with E-state index < -0.39 is 0 Å². The molecule has 0 N–H and O–H groups in total. The monoisotopic (exact) mass is 303 g/mol. The van der Waals surface area contributed by atoms with Crippen molar-refractivity contribution in [2.75, 3.05) is 13.1 Å². The molecule has 1 saturated heterocycles. The van der Waals surface area contributed by atoms with Crippen LogP contribution in [-0.2, 0) is 11.2 Å². The summed E-state index contributed by atoms with van der Waals surface area (Å²) in [6.07, 6.45) is 6.59. The minimum Gasteiger partial charge on any atom is -0.469 e. The van der Waals surface area contributed by atoms with Gasteiger partial charge in [-0.2, -0.15) is 0 Å². The van der Waals surface area contributed by atoms with Crippen LogP contribution >= 0.6 is 11.3 Å². The zero-order valence-electron chi connectivity index (χ0n) is 12.2. The molecule has 0 radical (unpaired) electrons. The molecule has 1 fully saturated rings. The Morgan fingerprint density at radius 2 is 2.29 bits per heavy atom. The second-order valence-corrected chi connectivity index (χ2v) is 6.66. The third kappa shape index (κ3) is 3.76. The maximum Gasteiger partial charge on any atom is 0.222 e. The van der Waals surface area contributed by atoms with Crippen molar-refractivity contribution in [3.63, 3.8) is 0 Å². The van der Waals surface area contributed by atoms with Crippen molar-refractivity contribution in [3.8, 4) is 0 Å². The lowest BCUT2D eigenvalue weighted by Crippen LogP contribution is -2.28. The number of hydrogen-bond acceptors (Lipinski definition) is 3. The van der Waals surface area contributed by atoms with Gasteiger partial charge in [-0.3, -0.25) is 4.79 Å². The quantitative estimate of drug-likeness (QED) is 0.754. The third-order valence-electron chi connectivity index (χ3n) is 4.13. The minimum atomic E-state index is 0.301. The van der Waals surface area contributed by atoms with Crippen LogP contribution in [0, 0.1) is 0 Å². The van der Waals surface area contributed by atoms with Crippen molar-refractivity contribution in [2.45, 2.75) is 38.0 Å². The van der Waals surface area contributed by atoms with Crippen LogP contribution in [0.3, 0.4) is 0 Å². The number of nitrogens with zero attached hydrogens (tertiary/aromatic N) is 1. The fourth-order valence-electron chi connectivity index (χ4n) is 2.93. The lowest BCUT2D eigenvalue weighted by atomic mass is 10.1. The predicted molar refractivity (Wildman–Crippen MR) is 84.5 cm³/mol. The zero-order valence-corrected chi connectivity index (χ0v) is 13.0. The van der Waals surface area contributed by atoms with E-state index in [1.807, 2.05) is 17.0 Å². The number of likely N-dealkylation sites (tertiary alicyclic amines) is 1. The molecular weight excluding hydrogens is 282 g/mol. The Bertz CT molecular complexity index is 547. The van der Waals surface area contributed by atoms with Gasteiger partial charge >= 0.3 is 0 Å². The van der Waals surface area contributed by atoms with Gasteiger partial charge in [0.05, 0.1) is 6.26 Å². The van der Waals surface area contributed by atoms with E-state index in [-0.39, 0.29) is 0 Å². The summed E-state index contributed by atoms with van der Waals surface area (Å²) in [5.74, 6) is 1.70. The molecule has 0 aliphatic carbocycles. The van der Waals surface area contributed by atoms with E-state index in [9.17, 15) is 4.79 Å². The fraction of sp³-hybridized carbons (Fsp3) is 0.471. The largest absolute Gasteiger partial charge is 0.469 e. The van der Waals surface area contributed by atoms with Crippen LogP contribution < -0.4 is 0 Å². The summed E-state index contributed by atoms with van der Waals surface area (Å²) in [6, 6.07) is 8.19. The molecule has 0 bridgehead atoms. The van der Waals surface area contributed by atoms with Gasteiger partial charge in [0.25, 0.3) is 0 Å². The van der Waals surface area contributed by atoms with E-state index >= 15 is 0 Å². The summed E-state index contributed by atoms with van der Waals surface area (Å²) in [5, 5.41) is 2.11. The van der Waals surface area contributed by atoms with Crippen molar-refractivity contribution in [1.29, 1.82) is 0 Å². The van der Waals surface area contributed by atoms with Gasteiger partial charge < -0.3 is 9.32 Å². The number of carbonyl (C=O) groups is 1. The van der Waals surface area contributed by atoms with Crippen molar-refractivity contribution in [1.82, 2.24) is 4.90 Å². The van der Waals surface area contributed by atoms with Crippen LogP contribution in [0.1, 0.15) is 42.2 Å². The van der Waals surface area contributed by atoms with Crippen molar-refractivity contribution in [2.24, 2.45) is 0 Å². The maximum absolute atomic E-state index is 12.2. The molecule has 0 aromatic carbocycles. The van der Waals surface area contributed by atoms with Gasteiger partial charge in [0, 0.05) is 30.3 Å². The molecule has 1 atom stereocenters. The first-order valence-corrected chi connectivity index (χ1v) is 8.54. The predicted octanol–water partition coefficient (Wildman–Crippen LogP) is 4.07. The third-order valence-corrected chi connectivity index (χ3v) is 5.07. The molecule has 3 nitrogen and oxygen atoms in total. The van der Waals surface area contributed by atoms with Gasteiger partial charge in [-0.1, -0.05) is 6.07 Å². The Morgan fingerprint density at radius 3 is 3.05 bits per heavy atom. The van der Waals surface area contributed by atoms with E-state index in [0.29, 0.717) is 18.2 Å². The smallest absolute Gasteiger partial charge is 0.222 e. The van der Waals surface area contributed by atoms with Crippen molar-refractivity contribution < 1.29 is 9.21 Å². The maximum atomic E-state index is 12.2. The Morgan fingerprint density at radius 1 is 1.33 bits per heavy atom. The first-order chi connectivity index (χ1) is 10.3. The Hall–Kier alpha value is -1.55. The molecule has 4 heteroatoms. The number of thiophene rings is 1. The van der Waals surface area contributed by atoms with Crippen LogP contribution in [0.4, 0.5) is 0 Å². The van der Waals surface area contributed by atoms with Gasteiger partial charge in [-0.05, 0) is 49.3 Å². The number of hydrogen-bond donors (Lipinski definition) is 0. The molecule has 1 unspecified atom stereocenters. The summed E-state index contributed by atoms with van der Waals surface area (Å²) < 4.78 is 5.45. The number of carbonyl (C=O) groups excluding carboxylic acids is 1. The average Bonchev–Trinajstić information content (AvgIpc) is 3.25. The van der Waals surface area contributed by atoms with Crippen LogP contribution in [0.25, 0.3) is 0 Å². The molecule has 1 aliphatic rings. The average molecular weight is 303 g/mol. The number of aryl methyl sites for hydroxylation is 1. The van der Waals surface area contributed by atoms with Crippen LogP contribution in [-0.4, -0.2) is 23.9 Å². The number of unbranched alkanes of at least 4 members (excludes halogenated alkanes) is 1. The molecular formula is C17H21NO2S. The topological polar surface area (TPSA) is 33.5 Å². The highest BCUT2D eigenvalue weighted by Crippen LogP contribution is 2.28. The summed E-state index contributed by atoms with van der Waals surface area (Å²) in [7, 11) is 0. The van der Waals surface area contributed by atoms with Crippen LogP contribution in [0.2, 0.25) is 0 Å². The lowest BCUT2D eigenvalue weighted by molar-refractivity contribution is -0.130. The Balaban J connectivity index is 1.38. The molecule has 112 valence electrons.